The van der Waals surface area contributed by atoms with E-state index < -0.39 is 28.5 Å². The van der Waals surface area contributed by atoms with Crippen LogP contribution in [0.5, 0.6) is 0 Å². The molecule has 0 amide bonds. The van der Waals surface area contributed by atoms with E-state index in [1.807, 2.05) is 0 Å². The highest BCUT2D eigenvalue weighted by atomic mass is 79.9. The largest absolute Gasteiger partial charge is 0.465 e. The first kappa shape index (κ1) is 16.1. The minimum atomic E-state index is -1.49. The Kier molecular flexibility index (Phi) is 7.78. The lowest BCUT2D eigenvalue weighted by atomic mass is 10.0. The molecule has 0 fully saturated rings. The molecule has 0 heterocycles. The summed E-state index contributed by atoms with van der Waals surface area (Å²) in [6.45, 7) is 5.21. The van der Waals surface area contributed by atoms with Gasteiger partial charge >= 0.3 is 11.9 Å². The number of esters is 2. The average molecular weight is 309 g/mol. The molecule has 0 aliphatic rings. The molecule has 0 spiro atoms. The molecule has 0 bridgehead atoms. The van der Waals surface area contributed by atoms with Gasteiger partial charge in [0.15, 0.2) is 5.78 Å². The first-order valence-electron chi connectivity index (χ1n) is 5.50. The summed E-state index contributed by atoms with van der Waals surface area (Å²) in [5, 5.41) is 0. The van der Waals surface area contributed by atoms with Crippen molar-refractivity contribution in [2.45, 2.75) is 32.0 Å². The first-order chi connectivity index (χ1) is 7.99. The van der Waals surface area contributed by atoms with E-state index in [2.05, 4.69) is 15.9 Å². The highest BCUT2D eigenvalue weighted by molar-refractivity contribution is 9.10. The van der Waals surface area contributed by atoms with Crippen LogP contribution >= 0.6 is 15.9 Å². The van der Waals surface area contributed by atoms with E-state index in [1.54, 1.807) is 20.8 Å². The van der Waals surface area contributed by atoms with E-state index in [9.17, 15) is 14.4 Å². The van der Waals surface area contributed by atoms with Crippen molar-refractivity contribution in [3.63, 3.8) is 0 Å². The summed E-state index contributed by atoms with van der Waals surface area (Å²) < 4.78 is 9.41. The van der Waals surface area contributed by atoms with Crippen LogP contribution in [0.15, 0.2) is 0 Å². The van der Waals surface area contributed by atoms with Crippen LogP contribution in [-0.2, 0) is 23.9 Å². The maximum atomic E-state index is 11.9. The molecule has 5 nitrogen and oxygen atoms in total. The molecular formula is C11H17BrO5. The standard InChI is InChI=1S/C11H17BrO5/c1-4-7(12)9(13)8(10(14)16-5-2)11(15)17-6-3/h7-8H,4-6H2,1-3H3. The number of hydrogen-bond acceptors (Lipinski definition) is 5. The number of alkyl halides is 1. The zero-order valence-electron chi connectivity index (χ0n) is 10.2. The molecule has 0 aromatic rings. The normalized spacial score (nSPS) is 12.1. The molecule has 0 radical (unpaired) electrons. The molecule has 0 aromatic heterocycles. The molecular weight excluding hydrogens is 292 g/mol. The Morgan fingerprint density at radius 2 is 1.41 bits per heavy atom. The van der Waals surface area contributed by atoms with Crippen molar-refractivity contribution in [3.8, 4) is 0 Å². The second-order valence-electron chi connectivity index (χ2n) is 3.22. The van der Waals surface area contributed by atoms with Crippen LogP contribution in [0.3, 0.4) is 0 Å². The van der Waals surface area contributed by atoms with Crippen LogP contribution in [0.25, 0.3) is 0 Å². The second-order valence-corrected chi connectivity index (χ2v) is 4.32. The highest BCUT2D eigenvalue weighted by Crippen LogP contribution is 2.15. The van der Waals surface area contributed by atoms with Crippen LogP contribution < -0.4 is 0 Å². The number of carbonyl (C=O) groups is 3. The average Bonchev–Trinajstić information content (AvgIpc) is 2.28. The van der Waals surface area contributed by atoms with Gasteiger partial charge in [-0.25, -0.2) is 0 Å². The highest BCUT2D eigenvalue weighted by Gasteiger charge is 2.39. The van der Waals surface area contributed by atoms with Crippen LogP contribution in [0, 0.1) is 5.92 Å². The number of carbonyl (C=O) groups excluding carboxylic acids is 3. The minimum absolute atomic E-state index is 0.112. The van der Waals surface area contributed by atoms with Gasteiger partial charge in [0.2, 0.25) is 5.92 Å². The molecule has 1 atom stereocenters. The maximum absolute atomic E-state index is 11.9. The predicted molar refractivity (Wildman–Crippen MR) is 64.8 cm³/mol. The van der Waals surface area contributed by atoms with E-state index in [-0.39, 0.29) is 13.2 Å². The molecule has 0 aliphatic carbocycles. The molecule has 0 saturated carbocycles. The van der Waals surface area contributed by atoms with Crippen LogP contribution in [0.4, 0.5) is 0 Å². The summed E-state index contributed by atoms with van der Waals surface area (Å²) in [6, 6.07) is 0. The second kappa shape index (κ2) is 8.22. The topological polar surface area (TPSA) is 69.7 Å². The number of hydrogen-bond donors (Lipinski definition) is 0. The van der Waals surface area contributed by atoms with E-state index >= 15 is 0 Å². The Bertz CT molecular complexity index is 272. The van der Waals surface area contributed by atoms with Gasteiger partial charge < -0.3 is 9.47 Å². The van der Waals surface area contributed by atoms with Gasteiger partial charge in [0.05, 0.1) is 18.0 Å². The molecule has 17 heavy (non-hydrogen) atoms. The monoisotopic (exact) mass is 308 g/mol. The van der Waals surface area contributed by atoms with Crippen molar-refractivity contribution in [1.29, 1.82) is 0 Å². The molecule has 0 N–H and O–H groups in total. The zero-order chi connectivity index (χ0) is 13.4. The van der Waals surface area contributed by atoms with Crippen LogP contribution in [0.2, 0.25) is 0 Å². The Balaban J connectivity index is 4.90. The van der Waals surface area contributed by atoms with Gasteiger partial charge in [-0.15, -0.1) is 0 Å². The molecule has 6 heteroatoms. The SMILES string of the molecule is CCOC(=O)C(C(=O)OCC)C(=O)C(Br)CC. The van der Waals surface area contributed by atoms with Gasteiger partial charge in [-0.3, -0.25) is 14.4 Å². The fourth-order valence-electron chi connectivity index (χ4n) is 1.16. The lowest BCUT2D eigenvalue weighted by molar-refractivity contribution is -0.163. The summed E-state index contributed by atoms with van der Waals surface area (Å²) in [6.07, 6.45) is 0.480. The van der Waals surface area contributed by atoms with E-state index in [0.717, 1.165) is 0 Å². The number of halogens is 1. The Morgan fingerprint density at radius 1 is 1.00 bits per heavy atom. The van der Waals surface area contributed by atoms with Gasteiger partial charge in [-0.1, -0.05) is 22.9 Å². The zero-order valence-corrected chi connectivity index (χ0v) is 11.8. The third-order valence-corrected chi connectivity index (χ3v) is 3.09. The lowest BCUT2D eigenvalue weighted by Gasteiger charge is -2.15. The molecule has 0 aromatic carbocycles. The van der Waals surface area contributed by atoms with Gasteiger partial charge in [0, 0.05) is 0 Å². The molecule has 0 saturated heterocycles. The smallest absolute Gasteiger partial charge is 0.328 e. The molecule has 1 unspecified atom stereocenters. The maximum Gasteiger partial charge on any atom is 0.328 e. The van der Waals surface area contributed by atoms with E-state index in [1.165, 1.54) is 0 Å². The van der Waals surface area contributed by atoms with E-state index in [4.69, 9.17) is 9.47 Å². The van der Waals surface area contributed by atoms with Gasteiger partial charge in [0.25, 0.3) is 0 Å². The summed E-state index contributed by atoms with van der Waals surface area (Å²) in [7, 11) is 0. The van der Waals surface area contributed by atoms with Crippen molar-refractivity contribution >= 4 is 33.7 Å². The third kappa shape index (κ3) is 4.85. The summed E-state index contributed by atoms with van der Waals surface area (Å²) in [5.41, 5.74) is 0. The molecule has 0 rings (SSSR count). The number of ketones is 1. The third-order valence-electron chi connectivity index (χ3n) is 2.00. The van der Waals surface area contributed by atoms with Gasteiger partial charge in [0.1, 0.15) is 0 Å². The number of rotatable bonds is 7. The summed E-state index contributed by atoms with van der Waals surface area (Å²) in [4.78, 5) is 34.4. The molecule has 98 valence electrons. The predicted octanol–water partition coefficient (Wildman–Crippen LogP) is 1.47. The van der Waals surface area contributed by atoms with Crippen molar-refractivity contribution in [1.82, 2.24) is 0 Å². The van der Waals surface area contributed by atoms with Crippen molar-refractivity contribution in [3.05, 3.63) is 0 Å². The summed E-state index contributed by atoms with van der Waals surface area (Å²) in [5.74, 6) is -3.72. The fourth-order valence-corrected chi connectivity index (χ4v) is 1.43. The quantitative estimate of drug-likeness (QED) is 0.405. The fraction of sp³-hybridized carbons (Fsp3) is 0.727. The van der Waals surface area contributed by atoms with Gasteiger partial charge in [-0.2, -0.15) is 0 Å². The number of Topliss-reactive ketones (excluding diaryl/α,β-unsaturated/α-hetero) is 1. The lowest BCUT2D eigenvalue weighted by Crippen LogP contribution is -2.38. The Hall–Kier alpha value is -0.910. The van der Waals surface area contributed by atoms with Crippen molar-refractivity contribution in [2.75, 3.05) is 13.2 Å². The van der Waals surface area contributed by atoms with E-state index in [0.29, 0.717) is 6.42 Å². The summed E-state index contributed by atoms with van der Waals surface area (Å²) >= 11 is 3.12. The van der Waals surface area contributed by atoms with Gasteiger partial charge in [-0.05, 0) is 20.3 Å². The van der Waals surface area contributed by atoms with Crippen LogP contribution in [-0.4, -0.2) is 35.8 Å². The van der Waals surface area contributed by atoms with Crippen molar-refractivity contribution < 1.29 is 23.9 Å². The minimum Gasteiger partial charge on any atom is -0.465 e. The number of ether oxygens (including phenoxy) is 2. The molecule has 0 aliphatic heterocycles. The van der Waals surface area contributed by atoms with Crippen molar-refractivity contribution in [2.24, 2.45) is 5.92 Å². The Labute approximate surface area is 109 Å². The first-order valence-corrected chi connectivity index (χ1v) is 6.42. The van der Waals surface area contributed by atoms with Crippen LogP contribution in [0.1, 0.15) is 27.2 Å². The Morgan fingerprint density at radius 3 is 1.71 bits per heavy atom.